The van der Waals surface area contributed by atoms with Crippen LogP contribution in [0, 0.1) is 6.92 Å². The predicted molar refractivity (Wildman–Crippen MR) is 106 cm³/mol. The molecular weight excluding hydrogens is 418 g/mol. The lowest BCUT2D eigenvalue weighted by atomic mass is 10.3. The predicted octanol–water partition coefficient (Wildman–Crippen LogP) is 2.31. The third kappa shape index (κ3) is 5.78. The Labute approximate surface area is 172 Å². The van der Waals surface area contributed by atoms with Gasteiger partial charge in [-0.05, 0) is 37.6 Å². The summed E-state index contributed by atoms with van der Waals surface area (Å²) < 4.78 is 42.9. The van der Waals surface area contributed by atoms with E-state index >= 15 is 0 Å². The zero-order valence-corrected chi connectivity index (χ0v) is 17.4. The number of thiophene rings is 1. The molecule has 1 aromatic heterocycles. The summed E-state index contributed by atoms with van der Waals surface area (Å²) in [6.07, 6.45) is 0.245. The summed E-state index contributed by atoms with van der Waals surface area (Å²) in [7, 11) is -3.74. The number of esters is 1. The SMILES string of the molecule is Cc1ccc(C(=O)COC(=O)CCCNS(=O)(=O)c2ccc3c(c2)OCCO3)s1. The molecule has 0 atom stereocenters. The first-order chi connectivity index (χ1) is 13.8. The van der Waals surface area contributed by atoms with Crippen molar-refractivity contribution in [2.75, 3.05) is 26.4 Å². The van der Waals surface area contributed by atoms with Gasteiger partial charge in [0.15, 0.2) is 18.1 Å². The van der Waals surface area contributed by atoms with Gasteiger partial charge in [0.2, 0.25) is 15.8 Å². The van der Waals surface area contributed by atoms with Crippen LogP contribution in [0.25, 0.3) is 0 Å². The molecule has 0 unspecified atom stereocenters. The van der Waals surface area contributed by atoms with Gasteiger partial charge in [0, 0.05) is 23.9 Å². The lowest BCUT2D eigenvalue weighted by molar-refractivity contribution is -0.142. The van der Waals surface area contributed by atoms with Crippen molar-refractivity contribution in [2.45, 2.75) is 24.7 Å². The van der Waals surface area contributed by atoms with Gasteiger partial charge >= 0.3 is 5.97 Å². The highest BCUT2D eigenvalue weighted by Gasteiger charge is 2.19. The van der Waals surface area contributed by atoms with E-state index in [0.29, 0.717) is 29.6 Å². The fourth-order valence-corrected chi connectivity index (χ4v) is 4.47. The summed E-state index contributed by atoms with van der Waals surface area (Å²) in [6.45, 7) is 2.41. The highest BCUT2D eigenvalue weighted by atomic mass is 32.2. The Morgan fingerprint density at radius 2 is 1.90 bits per heavy atom. The largest absolute Gasteiger partial charge is 0.486 e. The van der Waals surface area contributed by atoms with Gasteiger partial charge in [-0.2, -0.15) is 0 Å². The Bertz CT molecular complexity index is 998. The van der Waals surface area contributed by atoms with Crippen LogP contribution in [0.15, 0.2) is 35.2 Å². The van der Waals surface area contributed by atoms with Gasteiger partial charge in [0.25, 0.3) is 0 Å². The minimum Gasteiger partial charge on any atom is -0.486 e. The molecule has 0 aliphatic carbocycles. The second-order valence-electron chi connectivity index (χ2n) is 6.30. The van der Waals surface area contributed by atoms with Gasteiger partial charge in [0.1, 0.15) is 13.2 Å². The van der Waals surface area contributed by atoms with Gasteiger partial charge in [-0.3, -0.25) is 9.59 Å². The van der Waals surface area contributed by atoms with Crippen molar-refractivity contribution >= 4 is 33.1 Å². The van der Waals surface area contributed by atoms with Crippen molar-refractivity contribution in [1.29, 1.82) is 0 Å². The van der Waals surface area contributed by atoms with Crippen LogP contribution < -0.4 is 14.2 Å². The molecule has 29 heavy (non-hydrogen) atoms. The molecule has 0 spiro atoms. The van der Waals surface area contributed by atoms with Crippen molar-refractivity contribution in [3.63, 3.8) is 0 Å². The van der Waals surface area contributed by atoms with Crippen LogP contribution in [0.1, 0.15) is 27.4 Å². The molecule has 156 valence electrons. The average molecular weight is 440 g/mol. The number of rotatable bonds is 9. The second-order valence-corrected chi connectivity index (χ2v) is 9.36. The molecule has 10 heteroatoms. The third-order valence-corrected chi connectivity index (χ3v) is 6.55. The number of ether oxygens (including phenoxy) is 3. The van der Waals surface area contributed by atoms with Crippen LogP contribution in [0.4, 0.5) is 0 Å². The number of fused-ring (bicyclic) bond motifs is 1. The summed E-state index contributed by atoms with van der Waals surface area (Å²) in [6, 6.07) is 7.91. The van der Waals surface area contributed by atoms with E-state index in [9.17, 15) is 18.0 Å². The van der Waals surface area contributed by atoms with Crippen molar-refractivity contribution in [1.82, 2.24) is 4.72 Å². The summed E-state index contributed by atoms with van der Waals surface area (Å²) in [5, 5.41) is 0. The van der Waals surface area contributed by atoms with Crippen molar-refractivity contribution in [3.05, 3.63) is 40.1 Å². The summed E-state index contributed by atoms with van der Waals surface area (Å²) >= 11 is 1.34. The standard InChI is InChI=1S/C19H21NO7S2/c1-13-4-7-18(28-13)15(21)12-27-19(22)3-2-8-20-29(23,24)14-5-6-16-17(11-14)26-10-9-25-16/h4-7,11,20H,2-3,8-10,12H2,1H3. The zero-order valence-electron chi connectivity index (χ0n) is 15.8. The third-order valence-electron chi connectivity index (χ3n) is 4.05. The fraction of sp³-hybridized carbons (Fsp3) is 0.368. The number of aryl methyl sites for hydroxylation is 1. The smallest absolute Gasteiger partial charge is 0.306 e. The van der Waals surface area contributed by atoms with Crippen molar-refractivity contribution in [2.24, 2.45) is 0 Å². The molecule has 1 aliphatic heterocycles. The van der Waals surface area contributed by atoms with Gasteiger partial charge in [0.05, 0.1) is 9.77 Å². The monoisotopic (exact) mass is 439 g/mol. The van der Waals surface area contributed by atoms with E-state index in [4.69, 9.17) is 14.2 Å². The molecule has 2 aromatic rings. The Morgan fingerprint density at radius 3 is 2.62 bits per heavy atom. The van der Waals surface area contributed by atoms with E-state index in [1.54, 1.807) is 12.1 Å². The lowest BCUT2D eigenvalue weighted by Crippen LogP contribution is -2.26. The molecule has 1 N–H and O–H groups in total. The minimum absolute atomic E-state index is 0.000404. The molecule has 1 aliphatic rings. The number of ketones is 1. The second kappa shape index (κ2) is 9.38. The first-order valence-corrected chi connectivity index (χ1v) is 11.3. The van der Waals surface area contributed by atoms with Crippen LogP contribution in [0.5, 0.6) is 11.5 Å². The van der Waals surface area contributed by atoms with Crippen LogP contribution in [0.2, 0.25) is 0 Å². The van der Waals surface area contributed by atoms with E-state index in [-0.39, 0.29) is 36.7 Å². The van der Waals surface area contributed by atoms with E-state index in [2.05, 4.69) is 4.72 Å². The lowest BCUT2D eigenvalue weighted by Gasteiger charge is -2.18. The van der Waals surface area contributed by atoms with Crippen LogP contribution in [-0.4, -0.2) is 46.5 Å². The average Bonchev–Trinajstić information content (AvgIpc) is 3.15. The van der Waals surface area contributed by atoms with Gasteiger partial charge in [-0.25, -0.2) is 13.1 Å². The quantitative estimate of drug-likeness (QED) is 0.363. The zero-order chi connectivity index (χ0) is 20.9. The molecule has 0 fully saturated rings. The van der Waals surface area contributed by atoms with Crippen molar-refractivity contribution in [3.8, 4) is 11.5 Å². The number of hydrogen-bond donors (Lipinski definition) is 1. The van der Waals surface area contributed by atoms with Crippen molar-refractivity contribution < 1.29 is 32.2 Å². The number of carbonyl (C=O) groups excluding carboxylic acids is 2. The van der Waals surface area contributed by atoms with E-state index in [1.807, 2.05) is 13.0 Å². The molecular formula is C19H21NO7S2. The number of benzene rings is 1. The summed E-state index contributed by atoms with van der Waals surface area (Å²) in [4.78, 5) is 25.3. The van der Waals surface area contributed by atoms with Gasteiger partial charge in [-0.1, -0.05) is 0 Å². The first-order valence-electron chi connectivity index (χ1n) is 9.00. The highest BCUT2D eigenvalue weighted by molar-refractivity contribution is 7.89. The summed E-state index contributed by atoms with van der Waals surface area (Å²) in [5.74, 6) is 0.0828. The normalized spacial score (nSPS) is 13.1. The fourth-order valence-electron chi connectivity index (χ4n) is 2.59. The highest BCUT2D eigenvalue weighted by Crippen LogP contribution is 2.32. The van der Waals surface area contributed by atoms with E-state index in [0.717, 1.165) is 4.88 Å². The molecule has 1 aromatic carbocycles. The molecule has 0 saturated heterocycles. The number of carbonyl (C=O) groups is 2. The van der Waals surface area contributed by atoms with Crippen LogP contribution >= 0.6 is 11.3 Å². The van der Waals surface area contributed by atoms with Crippen LogP contribution in [0.3, 0.4) is 0 Å². The van der Waals surface area contributed by atoms with Gasteiger partial charge < -0.3 is 14.2 Å². The Kier molecular flexibility index (Phi) is 6.88. The Morgan fingerprint density at radius 1 is 1.14 bits per heavy atom. The topological polar surface area (TPSA) is 108 Å². The maximum Gasteiger partial charge on any atom is 0.306 e. The molecule has 0 amide bonds. The van der Waals surface area contributed by atoms with E-state index in [1.165, 1.54) is 23.5 Å². The Hall–Kier alpha value is -2.43. The number of sulfonamides is 1. The van der Waals surface area contributed by atoms with E-state index < -0.39 is 16.0 Å². The number of nitrogens with one attached hydrogen (secondary N) is 1. The van der Waals surface area contributed by atoms with Crippen LogP contribution in [-0.2, 0) is 19.6 Å². The summed E-state index contributed by atoms with van der Waals surface area (Å²) in [5.41, 5.74) is 0. The Balaban J connectivity index is 1.41. The number of Topliss-reactive ketones (excluding diaryl/α,β-unsaturated/α-hetero) is 1. The van der Waals surface area contributed by atoms with Gasteiger partial charge in [-0.15, -0.1) is 11.3 Å². The molecule has 0 bridgehead atoms. The number of hydrogen-bond acceptors (Lipinski definition) is 8. The molecule has 8 nitrogen and oxygen atoms in total. The minimum atomic E-state index is -3.74. The molecule has 2 heterocycles. The maximum atomic E-state index is 12.4. The first kappa shape index (κ1) is 21.3. The maximum absolute atomic E-state index is 12.4. The molecule has 3 rings (SSSR count). The molecule has 0 radical (unpaired) electrons. The molecule has 0 saturated carbocycles.